The van der Waals surface area contributed by atoms with E-state index in [1.807, 2.05) is 0 Å². The number of hydrogen-bond acceptors (Lipinski definition) is 2. The van der Waals surface area contributed by atoms with Crippen LogP contribution in [0.4, 0.5) is 11.4 Å². The SMILES string of the molecule is [2H]c1c([2H])c(-c2c([2H])c([2H])c(N)c([2H])c2[2H])c([2H])c([2H])c1N. The van der Waals surface area contributed by atoms with Crippen LogP contribution in [0, 0.1) is 0 Å². The van der Waals surface area contributed by atoms with Crippen LogP contribution in [0.3, 0.4) is 0 Å². The lowest BCUT2D eigenvalue weighted by atomic mass is 10.1. The van der Waals surface area contributed by atoms with Crippen molar-refractivity contribution in [3.63, 3.8) is 0 Å². The first-order chi connectivity index (χ1) is 10.1. The van der Waals surface area contributed by atoms with E-state index in [1.165, 1.54) is 0 Å². The fourth-order valence-corrected chi connectivity index (χ4v) is 0.894. The van der Waals surface area contributed by atoms with Gasteiger partial charge in [0.05, 0.1) is 11.0 Å². The van der Waals surface area contributed by atoms with Crippen LogP contribution in [-0.2, 0) is 0 Å². The molecule has 70 valence electrons. The summed E-state index contributed by atoms with van der Waals surface area (Å²) in [7, 11) is 0. The molecule has 2 rings (SSSR count). The lowest BCUT2D eigenvalue weighted by molar-refractivity contribution is 1.61. The Labute approximate surface area is 94.4 Å². The van der Waals surface area contributed by atoms with Gasteiger partial charge in [-0.15, -0.1) is 0 Å². The summed E-state index contributed by atoms with van der Waals surface area (Å²) in [5.41, 5.74) is 9.62. The topological polar surface area (TPSA) is 52.0 Å². The van der Waals surface area contributed by atoms with E-state index < -0.39 is 48.3 Å². The Kier molecular flexibility index (Phi) is 0.810. The minimum atomic E-state index is -0.524. The van der Waals surface area contributed by atoms with Crippen LogP contribution in [0.1, 0.15) is 11.0 Å². The van der Waals surface area contributed by atoms with Crippen LogP contribution in [-0.4, -0.2) is 0 Å². The Hall–Kier alpha value is -1.96. The van der Waals surface area contributed by atoms with E-state index in [0.29, 0.717) is 0 Å². The maximum absolute atomic E-state index is 7.91. The lowest BCUT2D eigenvalue weighted by Gasteiger charge is -2.02. The third-order valence-corrected chi connectivity index (χ3v) is 1.54. The Morgan fingerprint density at radius 2 is 0.929 bits per heavy atom. The van der Waals surface area contributed by atoms with Gasteiger partial charge in [-0.2, -0.15) is 0 Å². The van der Waals surface area contributed by atoms with Crippen molar-refractivity contribution < 1.29 is 11.0 Å². The molecule has 0 aliphatic carbocycles. The van der Waals surface area contributed by atoms with Crippen LogP contribution < -0.4 is 11.5 Å². The summed E-state index contributed by atoms with van der Waals surface area (Å²) in [5.74, 6) is 0. The summed E-state index contributed by atoms with van der Waals surface area (Å²) in [4.78, 5) is 0. The average molecular weight is 192 g/mol. The second-order valence-electron chi connectivity index (χ2n) is 2.58. The Bertz CT molecular complexity index is 677. The predicted octanol–water partition coefficient (Wildman–Crippen LogP) is 2.52. The van der Waals surface area contributed by atoms with Crippen molar-refractivity contribution in [2.75, 3.05) is 11.5 Å². The van der Waals surface area contributed by atoms with Crippen molar-refractivity contribution in [3.05, 3.63) is 48.3 Å². The highest BCUT2D eigenvalue weighted by Gasteiger charge is 1.95. The van der Waals surface area contributed by atoms with Gasteiger partial charge in [-0.3, -0.25) is 0 Å². The highest BCUT2D eigenvalue weighted by Crippen LogP contribution is 2.21. The normalized spacial score (nSPS) is 18.0. The molecule has 0 spiro atoms. The van der Waals surface area contributed by atoms with E-state index in [-0.39, 0.29) is 22.5 Å². The molecule has 4 N–H and O–H groups in total. The van der Waals surface area contributed by atoms with Crippen molar-refractivity contribution in [1.82, 2.24) is 0 Å². The lowest BCUT2D eigenvalue weighted by Crippen LogP contribution is -1.85. The number of nitrogen functional groups attached to an aromatic ring is 2. The van der Waals surface area contributed by atoms with Gasteiger partial charge in [-0.1, -0.05) is 24.2 Å². The molecule has 2 nitrogen and oxygen atoms in total. The zero-order chi connectivity index (χ0) is 16.9. The monoisotopic (exact) mass is 192 g/mol. The number of anilines is 2. The minimum absolute atomic E-state index is 0.332. The quantitative estimate of drug-likeness (QED) is 0.682. The van der Waals surface area contributed by atoms with E-state index in [2.05, 4.69) is 0 Å². The summed E-state index contributed by atoms with van der Waals surface area (Å²) in [6, 6.07) is -4.08. The fourth-order valence-electron chi connectivity index (χ4n) is 0.894. The van der Waals surface area contributed by atoms with Gasteiger partial charge in [-0.25, -0.2) is 0 Å². The maximum Gasteiger partial charge on any atom is 0.0645 e. The van der Waals surface area contributed by atoms with Gasteiger partial charge in [0.25, 0.3) is 0 Å². The van der Waals surface area contributed by atoms with Crippen LogP contribution >= 0.6 is 0 Å². The van der Waals surface area contributed by atoms with Crippen molar-refractivity contribution in [2.24, 2.45) is 0 Å². The first kappa shape index (κ1) is 3.31. The van der Waals surface area contributed by atoms with Crippen LogP contribution in [0.5, 0.6) is 0 Å². The summed E-state index contributed by atoms with van der Waals surface area (Å²) in [5, 5.41) is 0. The van der Waals surface area contributed by atoms with E-state index in [1.54, 1.807) is 0 Å². The maximum atomic E-state index is 7.91. The first-order valence-corrected chi connectivity index (χ1v) is 3.83. The molecular formula is C12H12N2. The van der Waals surface area contributed by atoms with E-state index in [4.69, 9.17) is 22.4 Å². The summed E-state index contributed by atoms with van der Waals surface area (Å²) >= 11 is 0. The fraction of sp³-hybridized carbons (Fsp3) is 0. The second-order valence-corrected chi connectivity index (χ2v) is 2.58. The number of nitrogens with two attached hydrogens (primary N) is 2. The van der Waals surface area contributed by atoms with Crippen LogP contribution in [0.25, 0.3) is 11.1 Å². The van der Waals surface area contributed by atoms with Crippen molar-refractivity contribution >= 4 is 11.4 Å². The molecule has 0 saturated carbocycles. The zero-order valence-corrected chi connectivity index (χ0v) is 7.15. The highest BCUT2D eigenvalue weighted by molar-refractivity contribution is 5.67. The Morgan fingerprint density at radius 3 is 1.21 bits per heavy atom. The van der Waals surface area contributed by atoms with E-state index >= 15 is 0 Å². The molecule has 2 aromatic carbocycles. The zero-order valence-electron chi connectivity index (χ0n) is 15.2. The first-order valence-electron chi connectivity index (χ1n) is 7.83. The molecular weight excluding hydrogens is 172 g/mol. The van der Waals surface area contributed by atoms with Gasteiger partial charge in [0.15, 0.2) is 0 Å². The molecule has 0 heterocycles. The largest absolute Gasteiger partial charge is 0.399 e. The summed E-state index contributed by atoms with van der Waals surface area (Å²) in [6.07, 6.45) is 0. The van der Waals surface area contributed by atoms with Gasteiger partial charge in [-0.05, 0) is 35.3 Å². The van der Waals surface area contributed by atoms with Gasteiger partial charge in [0.1, 0.15) is 0 Å². The molecule has 0 aliphatic rings. The second kappa shape index (κ2) is 3.42. The van der Waals surface area contributed by atoms with Gasteiger partial charge < -0.3 is 11.5 Å². The van der Waals surface area contributed by atoms with Crippen molar-refractivity contribution in [2.45, 2.75) is 0 Å². The van der Waals surface area contributed by atoms with E-state index in [0.717, 1.165) is 0 Å². The molecule has 0 amide bonds. The molecule has 0 atom stereocenters. The third-order valence-electron chi connectivity index (χ3n) is 1.54. The van der Waals surface area contributed by atoms with Gasteiger partial charge in [0, 0.05) is 11.4 Å². The molecule has 2 aromatic rings. The Morgan fingerprint density at radius 1 is 0.643 bits per heavy atom. The molecule has 0 radical (unpaired) electrons. The smallest absolute Gasteiger partial charge is 0.0645 e. The van der Waals surface area contributed by atoms with Crippen molar-refractivity contribution in [3.8, 4) is 11.1 Å². The number of benzene rings is 2. The Balaban J connectivity index is 3.03. The number of hydrogen-bond donors (Lipinski definition) is 2. The molecule has 14 heavy (non-hydrogen) atoms. The summed E-state index contributed by atoms with van der Waals surface area (Å²) in [6.45, 7) is 0. The van der Waals surface area contributed by atoms with Gasteiger partial charge >= 0.3 is 0 Å². The van der Waals surface area contributed by atoms with Crippen LogP contribution in [0.2, 0.25) is 0 Å². The predicted molar refractivity (Wildman–Crippen MR) is 60.7 cm³/mol. The van der Waals surface area contributed by atoms with Crippen LogP contribution in [0.15, 0.2) is 48.3 Å². The standard InChI is InChI=1S/C12H12N2/c13-11-5-1-9(2-6-11)10-3-7-12(14)8-4-10/h1-8H,13-14H2/i1D,2D,3D,4D,5D,6D,7D,8D. The van der Waals surface area contributed by atoms with Crippen molar-refractivity contribution in [1.29, 1.82) is 0 Å². The molecule has 0 aliphatic heterocycles. The highest BCUT2D eigenvalue weighted by atomic mass is 14.5. The molecule has 0 aromatic heterocycles. The number of rotatable bonds is 1. The molecule has 0 bridgehead atoms. The molecule has 0 fully saturated rings. The van der Waals surface area contributed by atoms with Gasteiger partial charge in [0.2, 0.25) is 0 Å². The average Bonchev–Trinajstić information content (AvgIpc) is 2.50. The minimum Gasteiger partial charge on any atom is -0.399 e. The molecule has 0 unspecified atom stereocenters. The molecule has 0 saturated heterocycles. The van der Waals surface area contributed by atoms with E-state index in [9.17, 15) is 0 Å². The third kappa shape index (κ3) is 1.69. The summed E-state index contributed by atoms with van der Waals surface area (Å²) < 4.78 is 62.5. The molecule has 2 heteroatoms.